The van der Waals surface area contributed by atoms with Crippen molar-refractivity contribution in [1.29, 1.82) is 0 Å². The van der Waals surface area contributed by atoms with Gasteiger partial charge in [0.1, 0.15) is 0 Å². The molecule has 0 amide bonds. The van der Waals surface area contributed by atoms with E-state index in [9.17, 15) is 4.79 Å². The van der Waals surface area contributed by atoms with Gasteiger partial charge in [-0.3, -0.25) is 4.79 Å². The summed E-state index contributed by atoms with van der Waals surface area (Å²) in [5.74, 6) is 0.121. The average Bonchev–Trinajstić information content (AvgIpc) is 2.07. The predicted octanol–water partition coefficient (Wildman–Crippen LogP) is 2.68. The van der Waals surface area contributed by atoms with Crippen molar-refractivity contribution in [2.75, 3.05) is 0 Å². The Balaban J connectivity index is 0.000000354. The normalized spacial score (nSPS) is 8.25. The molecule has 12 heavy (non-hydrogen) atoms. The zero-order valence-electron chi connectivity index (χ0n) is 7.79. The molecule has 1 aromatic carbocycles. The molecule has 0 N–H and O–H groups in total. The van der Waals surface area contributed by atoms with Crippen LogP contribution in [0.2, 0.25) is 9.88 Å². The summed E-state index contributed by atoms with van der Waals surface area (Å²) in [4.78, 5) is 15.2. The van der Waals surface area contributed by atoms with Gasteiger partial charge >= 0.3 is 31.0 Å². The van der Waals surface area contributed by atoms with Crippen LogP contribution in [0.1, 0.15) is 17.3 Å². The quantitative estimate of drug-likeness (QED) is 0.565. The van der Waals surface area contributed by atoms with Crippen molar-refractivity contribution in [3.8, 4) is 0 Å². The molecule has 0 aliphatic heterocycles. The molecule has 0 aromatic heterocycles. The Morgan fingerprint density at radius 1 is 1.17 bits per heavy atom. The van der Waals surface area contributed by atoms with Gasteiger partial charge in [0, 0.05) is 5.56 Å². The number of rotatable bonds is 1. The topological polar surface area (TPSA) is 17.1 Å². The van der Waals surface area contributed by atoms with E-state index in [0.717, 1.165) is 5.56 Å². The van der Waals surface area contributed by atoms with Gasteiger partial charge in [0.15, 0.2) is 5.78 Å². The first kappa shape index (κ1) is 11.7. The summed E-state index contributed by atoms with van der Waals surface area (Å²) < 4.78 is 0. The minimum atomic E-state index is 0.121. The van der Waals surface area contributed by atoms with Gasteiger partial charge in [-0.1, -0.05) is 30.3 Å². The average molecular weight is 269 g/mol. The molecule has 0 atom stereocenters. The first-order valence-corrected chi connectivity index (χ1v) is 9.57. The maximum atomic E-state index is 10.6. The molecule has 1 aromatic rings. The molecule has 0 saturated heterocycles. The van der Waals surface area contributed by atoms with E-state index < -0.39 is 0 Å². The molecule has 2 heteroatoms. The number of Topliss-reactive ketones (excluding diaryl/α,β-unsaturated/α-hetero) is 1. The third-order valence-electron chi connectivity index (χ3n) is 1.18. The minimum absolute atomic E-state index is 0.121. The van der Waals surface area contributed by atoms with E-state index >= 15 is 0 Å². The molecule has 1 rings (SSSR count). The van der Waals surface area contributed by atoms with Crippen LogP contribution in [-0.4, -0.2) is 26.9 Å². The fraction of sp³-hybridized carbons (Fsp3) is 0.300. The van der Waals surface area contributed by atoms with Crippen LogP contribution < -0.4 is 0 Å². The Bertz CT molecular complexity index is 219. The van der Waals surface area contributed by atoms with E-state index in [4.69, 9.17) is 0 Å². The monoisotopic (exact) mass is 270 g/mol. The van der Waals surface area contributed by atoms with Gasteiger partial charge in [0.2, 0.25) is 0 Å². The van der Waals surface area contributed by atoms with E-state index in [1.807, 2.05) is 30.3 Å². The van der Waals surface area contributed by atoms with E-state index in [0.29, 0.717) is 0 Å². The van der Waals surface area contributed by atoms with Crippen molar-refractivity contribution in [2.24, 2.45) is 0 Å². The molecule has 0 fully saturated rings. The first-order valence-electron chi connectivity index (χ1n) is 3.86. The van der Waals surface area contributed by atoms with E-state index in [-0.39, 0.29) is 26.9 Å². The van der Waals surface area contributed by atoms with Crippen molar-refractivity contribution in [2.45, 2.75) is 16.8 Å². The van der Waals surface area contributed by atoms with Crippen LogP contribution in [-0.2, 0) is 0 Å². The number of carbonyl (C=O) groups is 1. The molecule has 64 valence electrons. The summed E-state index contributed by atoms with van der Waals surface area (Å²) in [6, 6.07) is 9.23. The number of carbonyl (C=O) groups excluding carboxylic acids is 1. The van der Waals surface area contributed by atoms with Crippen molar-refractivity contribution in [3.63, 3.8) is 0 Å². The van der Waals surface area contributed by atoms with Crippen LogP contribution in [0.5, 0.6) is 0 Å². The Labute approximate surface area is 84.4 Å². The number of hydrogen-bond acceptors (Lipinski definition) is 1. The summed E-state index contributed by atoms with van der Waals surface area (Å²) >= 11 is 0.230. The first-order chi connectivity index (χ1) is 5.72. The molecular formula is C10H14OSn. The third-order valence-corrected chi connectivity index (χ3v) is 1.18. The second-order valence-corrected chi connectivity index (χ2v) is 5.28. The third kappa shape index (κ3) is 5.35. The molecule has 0 heterocycles. The van der Waals surface area contributed by atoms with Crippen molar-refractivity contribution in [3.05, 3.63) is 35.9 Å². The van der Waals surface area contributed by atoms with Gasteiger partial charge in [-0.05, 0) is 6.92 Å². The van der Waals surface area contributed by atoms with Gasteiger partial charge in [-0.15, -0.1) is 0 Å². The van der Waals surface area contributed by atoms with Gasteiger partial charge in [0.05, 0.1) is 0 Å². The van der Waals surface area contributed by atoms with E-state index in [1.54, 1.807) is 6.92 Å². The number of benzene rings is 1. The number of hydrogen-bond donors (Lipinski definition) is 0. The molecule has 0 saturated carbocycles. The summed E-state index contributed by atoms with van der Waals surface area (Å²) in [7, 11) is 0. The van der Waals surface area contributed by atoms with Gasteiger partial charge in [-0.25, -0.2) is 0 Å². The molecular weight excluding hydrogens is 255 g/mol. The van der Waals surface area contributed by atoms with Crippen molar-refractivity contribution in [1.82, 2.24) is 0 Å². The summed E-state index contributed by atoms with van der Waals surface area (Å²) in [5.41, 5.74) is 0.775. The van der Waals surface area contributed by atoms with Crippen LogP contribution >= 0.6 is 0 Å². The maximum absolute atomic E-state index is 10.6. The van der Waals surface area contributed by atoms with Gasteiger partial charge in [-0.2, -0.15) is 0 Å². The van der Waals surface area contributed by atoms with Crippen LogP contribution in [0.3, 0.4) is 0 Å². The zero-order valence-corrected chi connectivity index (χ0v) is 10.6. The Morgan fingerprint density at radius 3 is 1.83 bits per heavy atom. The summed E-state index contributed by atoms with van der Waals surface area (Å²) in [5, 5.41) is 0. The Hall–Kier alpha value is -0.311. The molecule has 0 spiro atoms. The summed E-state index contributed by atoms with van der Waals surface area (Å²) in [6.07, 6.45) is 0. The zero-order chi connectivity index (χ0) is 9.40. The fourth-order valence-electron chi connectivity index (χ4n) is 0.673. The van der Waals surface area contributed by atoms with Gasteiger partial charge in [0.25, 0.3) is 0 Å². The second-order valence-electron chi connectivity index (χ2n) is 2.42. The SMILES string of the molecule is CC(=O)c1ccccc1.[CH3][Sn][CH3]. The standard InChI is InChI=1S/C8H8O.2CH3.Sn/c1-7(9)8-5-3-2-4-6-8;;;/h2-6H,1H3;2*1H3;. The second kappa shape index (κ2) is 7.34. The molecule has 1 nitrogen and oxygen atoms in total. The van der Waals surface area contributed by atoms with Crippen LogP contribution in [0, 0.1) is 0 Å². The molecule has 0 aliphatic rings. The van der Waals surface area contributed by atoms with Crippen LogP contribution in [0.25, 0.3) is 0 Å². The fourth-order valence-corrected chi connectivity index (χ4v) is 0.673. The number of ketones is 1. The molecule has 0 unspecified atom stereocenters. The molecule has 0 bridgehead atoms. The van der Waals surface area contributed by atoms with Crippen LogP contribution in [0.4, 0.5) is 0 Å². The van der Waals surface area contributed by atoms with Crippen molar-refractivity contribution < 1.29 is 4.79 Å². The van der Waals surface area contributed by atoms with Crippen LogP contribution in [0.15, 0.2) is 30.3 Å². The van der Waals surface area contributed by atoms with E-state index in [2.05, 4.69) is 9.88 Å². The molecule has 2 radical (unpaired) electrons. The van der Waals surface area contributed by atoms with E-state index in [1.165, 1.54) is 0 Å². The Morgan fingerprint density at radius 2 is 1.58 bits per heavy atom. The predicted molar refractivity (Wildman–Crippen MR) is 53.9 cm³/mol. The van der Waals surface area contributed by atoms with Gasteiger partial charge < -0.3 is 0 Å². The Kier molecular flexibility index (Phi) is 7.15. The molecule has 0 aliphatic carbocycles. The van der Waals surface area contributed by atoms with Crippen molar-refractivity contribution >= 4 is 26.9 Å². The summed E-state index contributed by atoms with van der Waals surface area (Å²) in [6.45, 7) is 1.56.